The van der Waals surface area contributed by atoms with Crippen molar-refractivity contribution in [3.05, 3.63) is 10.6 Å². The monoisotopic (exact) mass is 268 g/mol. The average molecular weight is 268 g/mol. The molecule has 0 radical (unpaired) electrons. The molecule has 4 nitrogen and oxygen atoms in total. The molecule has 0 saturated heterocycles. The van der Waals surface area contributed by atoms with Crippen LogP contribution in [0.1, 0.15) is 42.1 Å². The molecule has 0 bridgehead atoms. The molecule has 2 rings (SSSR count). The van der Waals surface area contributed by atoms with Gasteiger partial charge >= 0.3 is 0 Å². The quantitative estimate of drug-likeness (QED) is 0.713. The molecule has 1 aromatic heterocycles. The van der Waals surface area contributed by atoms with Crippen LogP contribution in [0, 0.1) is 5.92 Å². The third-order valence-electron chi connectivity index (χ3n) is 2.90. The van der Waals surface area contributed by atoms with Gasteiger partial charge in [-0.1, -0.05) is 25.2 Å². The molecular formula is C13H20N2O2S. The number of hydrogen-bond donors (Lipinski definition) is 0. The first-order chi connectivity index (χ1) is 8.65. The van der Waals surface area contributed by atoms with E-state index in [-0.39, 0.29) is 0 Å². The lowest BCUT2D eigenvalue weighted by molar-refractivity contribution is 0.112. The second-order valence-electron chi connectivity index (χ2n) is 5.14. The first-order valence-electron chi connectivity index (χ1n) is 6.36. The van der Waals surface area contributed by atoms with Crippen molar-refractivity contribution in [2.24, 2.45) is 5.92 Å². The Morgan fingerprint density at radius 1 is 1.56 bits per heavy atom. The molecular weight excluding hydrogens is 248 g/mol. The fourth-order valence-electron chi connectivity index (χ4n) is 1.97. The number of anilines is 1. The summed E-state index contributed by atoms with van der Waals surface area (Å²) in [7, 11) is 1.63. The smallest absolute Gasteiger partial charge is 0.186 e. The number of ether oxygens (including phenoxy) is 1. The standard InChI is InChI=1S/C13H20N2O2S/c1-9(2)6-15(10-4-5-10)13-14-11(8-17-3)12(7-16)18-13/h7,9-10H,4-6,8H2,1-3H3. The van der Waals surface area contributed by atoms with E-state index < -0.39 is 0 Å². The van der Waals surface area contributed by atoms with Gasteiger partial charge in [0.2, 0.25) is 0 Å². The number of carbonyl (C=O) groups excluding carboxylic acids is 1. The number of thiazole rings is 1. The molecule has 0 aromatic carbocycles. The molecule has 0 atom stereocenters. The molecule has 18 heavy (non-hydrogen) atoms. The Labute approximate surface area is 112 Å². The van der Waals surface area contributed by atoms with Gasteiger partial charge in [0.15, 0.2) is 11.4 Å². The van der Waals surface area contributed by atoms with Crippen LogP contribution in [-0.4, -0.2) is 31.0 Å². The second kappa shape index (κ2) is 5.80. The third kappa shape index (κ3) is 3.09. The molecule has 0 amide bonds. The van der Waals surface area contributed by atoms with Crippen molar-refractivity contribution < 1.29 is 9.53 Å². The molecule has 0 aliphatic heterocycles. The Kier molecular flexibility index (Phi) is 4.35. The highest BCUT2D eigenvalue weighted by molar-refractivity contribution is 7.17. The topological polar surface area (TPSA) is 42.4 Å². The van der Waals surface area contributed by atoms with Gasteiger partial charge in [0, 0.05) is 19.7 Å². The van der Waals surface area contributed by atoms with Gasteiger partial charge in [-0.25, -0.2) is 4.98 Å². The van der Waals surface area contributed by atoms with Crippen molar-refractivity contribution >= 4 is 22.8 Å². The van der Waals surface area contributed by atoms with E-state index in [0.29, 0.717) is 23.4 Å². The van der Waals surface area contributed by atoms with Crippen molar-refractivity contribution in [3.8, 4) is 0 Å². The maximum Gasteiger partial charge on any atom is 0.186 e. The van der Waals surface area contributed by atoms with Crippen LogP contribution in [0.3, 0.4) is 0 Å². The van der Waals surface area contributed by atoms with E-state index in [9.17, 15) is 4.79 Å². The van der Waals surface area contributed by atoms with Gasteiger partial charge in [-0.2, -0.15) is 0 Å². The third-order valence-corrected chi connectivity index (χ3v) is 3.96. The predicted octanol–water partition coefficient (Wildman–Crippen LogP) is 2.73. The van der Waals surface area contributed by atoms with Gasteiger partial charge in [0.05, 0.1) is 17.2 Å². The van der Waals surface area contributed by atoms with E-state index in [4.69, 9.17) is 4.74 Å². The summed E-state index contributed by atoms with van der Waals surface area (Å²) in [4.78, 5) is 18.7. The van der Waals surface area contributed by atoms with E-state index in [1.165, 1.54) is 24.2 Å². The zero-order valence-corrected chi connectivity index (χ0v) is 12.0. The zero-order valence-electron chi connectivity index (χ0n) is 11.2. The van der Waals surface area contributed by atoms with E-state index in [1.807, 2.05) is 0 Å². The van der Waals surface area contributed by atoms with Gasteiger partial charge in [-0.05, 0) is 18.8 Å². The summed E-state index contributed by atoms with van der Waals surface area (Å²) in [6.07, 6.45) is 3.36. The van der Waals surface area contributed by atoms with Gasteiger partial charge in [0.25, 0.3) is 0 Å². The largest absolute Gasteiger partial charge is 0.378 e. The predicted molar refractivity (Wildman–Crippen MR) is 73.4 cm³/mol. The summed E-state index contributed by atoms with van der Waals surface area (Å²) >= 11 is 1.48. The minimum Gasteiger partial charge on any atom is -0.378 e. The van der Waals surface area contributed by atoms with E-state index in [0.717, 1.165) is 23.7 Å². The fourth-order valence-corrected chi connectivity index (χ4v) is 2.93. The van der Waals surface area contributed by atoms with E-state index >= 15 is 0 Å². The first kappa shape index (κ1) is 13.5. The van der Waals surface area contributed by atoms with E-state index in [2.05, 4.69) is 23.7 Å². The van der Waals surface area contributed by atoms with Crippen molar-refractivity contribution in [1.82, 2.24) is 4.98 Å². The zero-order chi connectivity index (χ0) is 13.1. The summed E-state index contributed by atoms with van der Waals surface area (Å²) in [5, 5.41) is 0.973. The van der Waals surface area contributed by atoms with Crippen LogP contribution < -0.4 is 4.90 Å². The minimum absolute atomic E-state index is 0.407. The van der Waals surface area contributed by atoms with Crippen LogP contribution in [0.25, 0.3) is 0 Å². The molecule has 1 aliphatic rings. The van der Waals surface area contributed by atoms with Crippen molar-refractivity contribution in [1.29, 1.82) is 0 Å². The Morgan fingerprint density at radius 3 is 2.78 bits per heavy atom. The maximum atomic E-state index is 11.0. The number of hydrogen-bond acceptors (Lipinski definition) is 5. The second-order valence-corrected chi connectivity index (χ2v) is 6.14. The lowest BCUT2D eigenvalue weighted by Crippen LogP contribution is -2.29. The van der Waals surface area contributed by atoms with Crippen molar-refractivity contribution in [2.75, 3.05) is 18.6 Å². The molecule has 1 saturated carbocycles. The number of aldehydes is 1. The van der Waals surface area contributed by atoms with E-state index in [1.54, 1.807) is 7.11 Å². The SMILES string of the molecule is COCc1nc(N(CC(C)C)C2CC2)sc1C=O. The van der Waals surface area contributed by atoms with Gasteiger partial charge in [0.1, 0.15) is 0 Å². The van der Waals surface area contributed by atoms with Gasteiger partial charge < -0.3 is 9.64 Å². The number of nitrogens with zero attached hydrogens (tertiary/aromatic N) is 2. The molecule has 5 heteroatoms. The summed E-state index contributed by atoms with van der Waals surface area (Å²) in [5.41, 5.74) is 0.766. The van der Waals surface area contributed by atoms with Crippen LogP contribution in [0.2, 0.25) is 0 Å². The first-order valence-corrected chi connectivity index (χ1v) is 7.17. The Morgan fingerprint density at radius 2 is 2.28 bits per heavy atom. The molecule has 1 fully saturated rings. The van der Waals surface area contributed by atoms with Crippen LogP contribution >= 0.6 is 11.3 Å². The van der Waals surface area contributed by atoms with Crippen LogP contribution in [0.15, 0.2) is 0 Å². The highest BCUT2D eigenvalue weighted by Crippen LogP contribution is 2.35. The summed E-state index contributed by atoms with van der Waals surface area (Å²) in [5.74, 6) is 0.597. The highest BCUT2D eigenvalue weighted by atomic mass is 32.1. The molecule has 0 unspecified atom stereocenters. The normalized spacial score (nSPS) is 15.1. The molecule has 0 spiro atoms. The van der Waals surface area contributed by atoms with Crippen LogP contribution in [-0.2, 0) is 11.3 Å². The van der Waals surface area contributed by atoms with Crippen LogP contribution in [0.4, 0.5) is 5.13 Å². The Balaban J connectivity index is 2.21. The van der Waals surface area contributed by atoms with Crippen molar-refractivity contribution in [2.45, 2.75) is 39.3 Å². The number of rotatable bonds is 7. The highest BCUT2D eigenvalue weighted by Gasteiger charge is 2.31. The average Bonchev–Trinajstić information content (AvgIpc) is 3.08. The van der Waals surface area contributed by atoms with Gasteiger partial charge in [-0.15, -0.1) is 0 Å². The fraction of sp³-hybridized carbons (Fsp3) is 0.692. The number of aromatic nitrogens is 1. The molecule has 0 N–H and O–H groups in total. The van der Waals surface area contributed by atoms with Crippen LogP contribution in [0.5, 0.6) is 0 Å². The Hall–Kier alpha value is -0.940. The summed E-state index contributed by atoms with van der Waals surface area (Å²) < 4.78 is 5.09. The molecule has 1 heterocycles. The Bertz CT molecular complexity index is 413. The lowest BCUT2D eigenvalue weighted by atomic mass is 10.2. The molecule has 1 aromatic rings. The summed E-state index contributed by atoms with van der Waals surface area (Å²) in [6.45, 7) is 5.83. The summed E-state index contributed by atoms with van der Waals surface area (Å²) in [6, 6.07) is 0.619. The lowest BCUT2D eigenvalue weighted by Gasteiger charge is -2.23. The maximum absolute atomic E-state index is 11.0. The van der Waals surface area contributed by atoms with Crippen molar-refractivity contribution in [3.63, 3.8) is 0 Å². The molecule has 100 valence electrons. The van der Waals surface area contributed by atoms with Gasteiger partial charge in [-0.3, -0.25) is 4.79 Å². The molecule has 1 aliphatic carbocycles. The number of methoxy groups -OCH3 is 1. The number of carbonyl (C=O) groups is 1. The minimum atomic E-state index is 0.407.